The van der Waals surface area contributed by atoms with E-state index in [1.54, 1.807) is 12.1 Å². The molecule has 0 fully saturated rings. The number of aromatic carboxylic acids is 1. The Labute approximate surface area is 160 Å². The summed E-state index contributed by atoms with van der Waals surface area (Å²) in [4.78, 5) is 49.3. The molecule has 0 saturated carbocycles. The molecule has 28 heavy (non-hydrogen) atoms. The van der Waals surface area contributed by atoms with Gasteiger partial charge in [0.15, 0.2) is 0 Å². The van der Waals surface area contributed by atoms with Gasteiger partial charge in [0, 0.05) is 0 Å². The predicted octanol–water partition coefficient (Wildman–Crippen LogP) is 2.41. The number of carbonyl (C=O) groups excluding carboxylic acids is 3. The van der Waals surface area contributed by atoms with E-state index in [4.69, 9.17) is 9.84 Å². The molecule has 0 bridgehead atoms. The molecule has 0 aliphatic carbocycles. The lowest BCUT2D eigenvalue weighted by molar-refractivity contribution is -0.116. The molecule has 144 valence electrons. The lowest BCUT2D eigenvalue weighted by Gasteiger charge is -2.16. The number of amides is 3. The fraction of sp³-hybridized carbons (Fsp3) is 0.200. The highest BCUT2D eigenvalue weighted by Crippen LogP contribution is 2.27. The van der Waals surface area contributed by atoms with E-state index in [2.05, 4.69) is 5.32 Å². The van der Waals surface area contributed by atoms with E-state index >= 15 is 0 Å². The number of imide groups is 1. The van der Waals surface area contributed by atoms with E-state index in [0.717, 1.165) is 11.3 Å². The summed E-state index contributed by atoms with van der Waals surface area (Å²) in [5, 5.41) is 11.7. The van der Waals surface area contributed by atoms with Crippen molar-refractivity contribution in [3.05, 3.63) is 59.2 Å². The van der Waals surface area contributed by atoms with Gasteiger partial charge < -0.3 is 15.2 Å². The molecule has 1 aliphatic rings. The lowest BCUT2D eigenvalue weighted by atomic mass is 10.1. The number of ether oxygens (including phenoxy) is 1. The van der Waals surface area contributed by atoms with Crippen molar-refractivity contribution in [2.45, 2.75) is 13.3 Å². The van der Waals surface area contributed by atoms with Gasteiger partial charge in [-0.2, -0.15) is 0 Å². The first-order valence-electron chi connectivity index (χ1n) is 8.67. The van der Waals surface area contributed by atoms with Crippen molar-refractivity contribution < 1.29 is 29.0 Å². The highest BCUT2D eigenvalue weighted by molar-refractivity contribution is 6.22. The number of nitrogens with zero attached hydrogens (tertiary/aromatic N) is 1. The Morgan fingerprint density at radius 1 is 1.07 bits per heavy atom. The molecule has 0 aromatic heterocycles. The van der Waals surface area contributed by atoms with E-state index in [-0.39, 0.29) is 22.4 Å². The monoisotopic (exact) mass is 382 g/mol. The van der Waals surface area contributed by atoms with Gasteiger partial charge in [-0.1, -0.05) is 19.1 Å². The van der Waals surface area contributed by atoms with E-state index in [1.807, 2.05) is 6.92 Å². The minimum Gasteiger partial charge on any atom is -0.491 e. The van der Waals surface area contributed by atoms with Crippen molar-refractivity contribution in [3.63, 3.8) is 0 Å². The van der Waals surface area contributed by atoms with E-state index in [9.17, 15) is 19.2 Å². The van der Waals surface area contributed by atoms with Crippen LogP contribution in [0.15, 0.2) is 42.5 Å². The minimum absolute atomic E-state index is 0.0279. The molecule has 0 atom stereocenters. The van der Waals surface area contributed by atoms with Gasteiger partial charge in [0.05, 0.1) is 29.0 Å². The van der Waals surface area contributed by atoms with Crippen LogP contribution in [0.1, 0.15) is 44.4 Å². The second kappa shape index (κ2) is 7.91. The molecule has 0 unspecified atom stereocenters. The highest BCUT2D eigenvalue weighted by atomic mass is 16.5. The van der Waals surface area contributed by atoms with Crippen LogP contribution in [0.2, 0.25) is 0 Å². The summed E-state index contributed by atoms with van der Waals surface area (Å²) in [7, 11) is 0. The van der Waals surface area contributed by atoms with Crippen LogP contribution < -0.4 is 10.1 Å². The highest BCUT2D eigenvalue weighted by Gasteiger charge is 2.36. The van der Waals surface area contributed by atoms with Gasteiger partial charge in [-0.15, -0.1) is 0 Å². The quantitative estimate of drug-likeness (QED) is 0.711. The zero-order valence-electron chi connectivity index (χ0n) is 15.1. The maximum atomic E-state index is 12.5. The van der Waals surface area contributed by atoms with Crippen LogP contribution in [-0.4, -0.2) is 46.8 Å². The van der Waals surface area contributed by atoms with Crippen molar-refractivity contribution in [1.82, 2.24) is 4.90 Å². The van der Waals surface area contributed by atoms with Gasteiger partial charge in [0.1, 0.15) is 12.3 Å². The molecule has 2 N–H and O–H groups in total. The number of hydrogen-bond donors (Lipinski definition) is 2. The molecule has 0 spiro atoms. The molecule has 0 radical (unpaired) electrons. The Balaban J connectivity index is 1.78. The van der Waals surface area contributed by atoms with Gasteiger partial charge in [-0.25, -0.2) is 4.79 Å². The van der Waals surface area contributed by atoms with E-state index < -0.39 is 30.2 Å². The van der Waals surface area contributed by atoms with Crippen LogP contribution in [0, 0.1) is 0 Å². The SMILES string of the molecule is CCCOc1ccc(C(=O)O)cc1NC(=O)CN1C(=O)c2ccccc2C1=O. The van der Waals surface area contributed by atoms with Crippen LogP contribution in [0.3, 0.4) is 0 Å². The number of carboxylic acid groups (broad SMARTS) is 1. The summed E-state index contributed by atoms with van der Waals surface area (Å²) < 4.78 is 5.53. The topological polar surface area (TPSA) is 113 Å². The Morgan fingerprint density at radius 3 is 2.29 bits per heavy atom. The summed E-state index contributed by atoms with van der Waals surface area (Å²) in [6, 6.07) is 10.4. The Kier molecular flexibility index (Phi) is 5.39. The molecule has 8 heteroatoms. The molecular weight excluding hydrogens is 364 g/mol. The molecule has 2 aromatic rings. The number of fused-ring (bicyclic) bond motifs is 1. The van der Waals surface area contributed by atoms with E-state index in [1.165, 1.54) is 30.3 Å². The Hall–Kier alpha value is -3.68. The van der Waals surface area contributed by atoms with E-state index in [0.29, 0.717) is 12.4 Å². The third-order valence-corrected chi connectivity index (χ3v) is 4.14. The summed E-state index contributed by atoms with van der Waals surface area (Å²) in [5.74, 6) is -2.58. The predicted molar refractivity (Wildman–Crippen MR) is 99.6 cm³/mol. The second-order valence-corrected chi connectivity index (χ2v) is 6.15. The second-order valence-electron chi connectivity index (χ2n) is 6.15. The lowest BCUT2D eigenvalue weighted by Crippen LogP contribution is -2.37. The minimum atomic E-state index is -1.15. The largest absolute Gasteiger partial charge is 0.491 e. The van der Waals surface area contributed by atoms with Crippen molar-refractivity contribution in [3.8, 4) is 5.75 Å². The zero-order chi connectivity index (χ0) is 20.3. The summed E-state index contributed by atoms with van der Waals surface area (Å²) in [6.07, 6.45) is 0.725. The molecule has 3 amide bonds. The Bertz CT molecular complexity index is 934. The number of carboxylic acids is 1. The molecule has 1 heterocycles. The average molecular weight is 382 g/mol. The van der Waals surface area contributed by atoms with Crippen LogP contribution in [0.25, 0.3) is 0 Å². The third-order valence-electron chi connectivity index (χ3n) is 4.14. The van der Waals surface area contributed by atoms with Crippen molar-refractivity contribution in [2.24, 2.45) is 0 Å². The summed E-state index contributed by atoms with van der Waals surface area (Å²) in [6.45, 7) is 1.80. The number of carbonyl (C=O) groups is 4. The number of hydrogen-bond acceptors (Lipinski definition) is 5. The van der Waals surface area contributed by atoms with Crippen molar-refractivity contribution in [2.75, 3.05) is 18.5 Å². The molecule has 3 rings (SSSR count). The molecule has 2 aromatic carbocycles. The molecule has 0 saturated heterocycles. The van der Waals surface area contributed by atoms with Gasteiger partial charge in [0.2, 0.25) is 5.91 Å². The standard InChI is InChI=1S/C20H18N2O6/c1-2-9-28-16-8-7-12(20(26)27)10-15(16)21-17(23)11-22-18(24)13-5-3-4-6-14(13)19(22)25/h3-8,10H,2,9,11H2,1H3,(H,21,23)(H,26,27). The number of nitrogens with one attached hydrogen (secondary N) is 1. The molecule has 8 nitrogen and oxygen atoms in total. The zero-order valence-corrected chi connectivity index (χ0v) is 15.1. The summed E-state index contributed by atoms with van der Waals surface area (Å²) in [5.41, 5.74) is 0.634. The average Bonchev–Trinajstić information content (AvgIpc) is 2.92. The van der Waals surface area contributed by atoms with Crippen LogP contribution in [-0.2, 0) is 4.79 Å². The maximum Gasteiger partial charge on any atom is 0.335 e. The maximum absolute atomic E-state index is 12.5. The fourth-order valence-electron chi connectivity index (χ4n) is 2.81. The van der Waals surface area contributed by atoms with Gasteiger partial charge in [-0.3, -0.25) is 19.3 Å². The third kappa shape index (κ3) is 3.71. The molecule has 1 aliphatic heterocycles. The van der Waals surface area contributed by atoms with Gasteiger partial charge in [-0.05, 0) is 36.8 Å². The number of benzene rings is 2. The van der Waals surface area contributed by atoms with Crippen LogP contribution >= 0.6 is 0 Å². The first-order valence-corrected chi connectivity index (χ1v) is 8.67. The number of anilines is 1. The smallest absolute Gasteiger partial charge is 0.335 e. The van der Waals surface area contributed by atoms with Crippen molar-refractivity contribution >= 4 is 29.4 Å². The Morgan fingerprint density at radius 2 is 1.71 bits per heavy atom. The van der Waals surface area contributed by atoms with Gasteiger partial charge in [0.25, 0.3) is 11.8 Å². The van der Waals surface area contributed by atoms with Gasteiger partial charge >= 0.3 is 5.97 Å². The normalized spacial score (nSPS) is 12.7. The van der Waals surface area contributed by atoms with Crippen LogP contribution in [0.5, 0.6) is 5.75 Å². The fourth-order valence-corrected chi connectivity index (χ4v) is 2.81. The first-order chi connectivity index (χ1) is 13.4. The van der Waals surface area contributed by atoms with Crippen molar-refractivity contribution in [1.29, 1.82) is 0 Å². The first kappa shape index (κ1) is 19.1. The molecular formula is C20H18N2O6. The van der Waals surface area contributed by atoms with Crippen LogP contribution in [0.4, 0.5) is 5.69 Å². The summed E-state index contributed by atoms with van der Waals surface area (Å²) >= 11 is 0. The number of rotatable bonds is 7.